The fraction of sp³-hybridized carbons (Fsp3) is 0.458. The van der Waals surface area contributed by atoms with Crippen molar-refractivity contribution in [1.82, 2.24) is 15.5 Å². The van der Waals surface area contributed by atoms with Crippen LogP contribution in [0.5, 0.6) is 5.75 Å². The van der Waals surface area contributed by atoms with Crippen molar-refractivity contribution in [2.45, 2.75) is 25.8 Å². The Kier molecular flexibility index (Phi) is 11.1. The molecule has 0 aliphatic carbocycles. The van der Waals surface area contributed by atoms with Crippen molar-refractivity contribution in [2.24, 2.45) is 10.9 Å². The first-order valence-corrected chi connectivity index (χ1v) is 10.7. The molecule has 7 heteroatoms. The van der Waals surface area contributed by atoms with Crippen LogP contribution in [0.3, 0.4) is 0 Å². The molecule has 0 saturated carbocycles. The highest BCUT2D eigenvalue weighted by atomic mass is 127. The summed E-state index contributed by atoms with van der Waals surface area (Å²) in [6.07, 6.45) is 2.99. The number of ether oxygens (including phenoxy) is 1. The summed E-state index contributed by atoms with van der Waals surface area (Å²) < 4.78 is 18.9. The van der Waals surface area contributed by atoms with Gasteiger partial charge in [-0.3, -0.25) is 9.89 Å². The van der Waals surface area contributed by atoms with Crippen LogP contribution in [-0.4, -0.2) is 51.2 Å². The molecular weight excluding hydrogens is 506 g/mol. The molecule has 2 aromatic rings. The number of halogens is 2. The molecule has 5 nitrogen and oxygen atoms in total. The third kappa shape index (κ3) is 8.29. The molecule has 2 N–H and O–H groups in total. The molecule has 0 aromatic heterocycles. The topological polar surface area (TPSA) is 48.9 Å². The Balaban J connectivity index is 0.00000341. The molecule has 0 radical (unpaired) electrons. The number of hydrogen-bond acceptors (Lipinski definition) is 3. The van der Waals surface area contributed by atoms with Crippen LogP contribution >= 0.6 is 24.0 Å². The van der Waals surface area contributed by atoms with Crippen molar-refractivity contribution >= 4 is 29.9 Å². The minimum absolute atomic E-state index is 0. The van der Waals surface area contributed by atoms with E-state index in [-0.39, 0.29) is 29.8 Å². The average Bonchev–Trinajstić information content (AvgIpc) is 2.79. The third-order valence-corrected chi connectivity index (χ3v) is 5.70. The Morgan fingerprint density at radius 3 is 2.45 bits per heavy atom. The zero-order chi connectivity index (χ0) is 21.2. The molecule has 2 aromatic carbocycles. The van der Waals surface area contributed by atoms with E-state index in [0.29, 0.717) is 18.9 Å². The van der Waals surface area contributed by atoms with Gasteiger partial charge in [-0.25, -0.2) is 4.39 Å². The molecule has 0 spiro atoms. The number of likely N-dealkylation sites (tertiary alicyclic amines) is 1. The van der Waals surface area contributed by atoms with Crippen LogP contribution < -0.4 is 15.4 Å². The highest BCUT2D eigenvalue weighted by molar-refractivity contribution is 14.0. The number of rotatable bonds is 8. The van der Waals surface area contributed by atoms with E-state index in [0.717, 1.165) is 43.5 Å². The molecular formula is C24H34FIN4O. The number of nitrogens with one attached hydrogen (secondary N) is 2. The Morgan fingerprint density at radius 1 is 1.10 bits per heavy atom. The van der Waals surface area contributed by atoms with Gasteiger partial charge in [0.05, 0.1) is 7.11 Å². The maximum absolute atomic E-state index is 13.7. The molecule has 170 valence electrons. The van der Waals surface area contributed by atoms with Crippen LogP contribution in [-0.2, 0) is 13.0 Å². The molecule has 1 saturated heterocycles. The van der Waals surface area contributed by atoms with E-state index in [4.69, 9.17) is 4.74 Å². The highest BCUT2D eigenvalue weighted by Crippen LogP contribution is 2.19. The molecule has 3 rings (SSSR count). The van der Waals surface area contributed by atoms with E-state index in [2.05, 4.69) is 32.7 Å². The van der Waals surface area contributed by atoms with E-state index < -0.39 is 0 Å². The lowest BCUT2D eigenvalue weighted by Crippen LogP contribution is -2.43. The number of benzene rings is 2. The predicted octanol–water partition coefficient (Wildman–Crippen LogP) is 4.07. The standard InChI is InChI=1S/C24H33FN4O.HI/c1-26-24(27-14-11-21-5-3-4-6-23(21)25)28-17-19-12-15-29(16-13-19)18-20-7-9-22(30-2)10-8-20;/h3-10,19H,11-18H2,1-2H3,(H2,26,27,28);1H. The highest BCUT2D eigenvalue weighted by Gasteiger charge is 2.19. The van der Waals surface area contributed by atoms with E-state index in [1.54, 1.807) is 20.2 Å². The number of aliphatic imine (C=N–C) groups is 1. The summed E-state index contributed by atoms with van der Waals surface area (Å²) >= 11 is 0. The summed E-state index contributed by atoms with van der Waals surface area (Å²) in [6.45, 7) is 4.77. The molecule has 1 fully saturated rings. The Labute approximate surface area is 202 Å². The van der Waals surface area contributed by atoms with Crippen molar-refractivity contribution in [1.29, 1.82) is 0 Å². The summed E-state index contributed by atoms with van der Waals surface area (Å²) in [6, 6.07) is 15.2. The van der Waals surface area contributed by atoms with Gasteiger partial charge >= 0.3 is 0 Å². The largest absolute Gasteiger partial charge is 0.497 e. The number of nitrogens with zero attached hydrogens (tertiary/aromatic N) is 2. The zero-order valence-electron chi connectivity index (χ0n) is 18.4. The third-order valence-electron chi connectivity index (χ3n) is 5.70. The summed E-state index contributed by atoms with van der Waals surface area (Å²) in [5, 5.41) is 6.72. The van der Waals surface area contributed by atoms with Gasteiger partial charge in [-0.1, -0.05) is 30.3 Å². The second-order valence-electron chi connectivity index (χ2n) is 7.79. The lowest BCUT2D eigenvalue weighted by atomic mass is 9.96. The lowest BCUT2D eigenvalue weighted by molar-refractivity contribution is 0.178. The normalized spacial score (nSPS) is 15.3. The van der Waals surface area contributed by atoms with Crippen LogP contribution in [0.15, 0.2) is 53.5 Å². The van der Waals surface area contributed by atoms with Gasteiger partial charge in [0.2, 0.25) is 0 Å². The van der Waals surface area contributed by atoms with Crippen LogP contribution in [0, 0.1) is 11.7 Å². The van der Waals surface area contributed by atoms with Crippen molar-refractivity contribution in [3.8, 4) is 5.75 Å². The number of methoxy groups -OCH3 is 1. The Morgan fingerprint density at radius 2 is 1.81 bits per heavy atom. The maximum Gasteiger partial charge on any atom is 0.190 e. The van der Waals surface area contributed by atoms with E-state index in [9.17, 15) is 4.39 Å². The van der Waals surface area contributed by atoms with Gasteiger partial charge in [0.1, 0.15) is 11.6 Å². The first-order valence-electron chi connectivity index (χ1n) is 10.7. The van der Waals surface area contributed by atoms with Crippen molar-refractivity contribution in [2.75, 3.05) is 40.3 Å². The molecule has 0 bridgehead atoms. The van der Waals surface area contributed by atoms with Gasteiger partial charge in [-0.2, -0.15) is 0 Å². The number of hydrogen-bond donors (Lipinski definition) is 2. The minimum atomic E-state index is -0.149. The molecule has 1 aliphatic heterocycles. The summed E-state index contributed by atoms with van der Waals surface area (Å²) in [5.74, 6) is 2.18. The molecule has 1 heterocycles. The first kappa shape index (κ1) is 25.4. The fourth-order valence-corrected chi connectivity index (χ4v) is 3.82. The van der Waals surface area contributed by atoms with Crippen LogP contribution in [0.4, 0.5) is 4.39 Å². The van der Waals surface area contributed by atoms with E-state index >= 15 is 0 Å². The van der Waals surface area contributed by atoms with Gasteiger partial charge in [0.25, 0.3) is 0 Å². The van der Waals surface area contributed by atoms with Gasteiger partial charge in [0, 0.05) is 26.7 Å². The lowest BCUT2D eigenvalue weighted by Gasteiger charge is -2.32. The fourth-order valence-electron chi connectivity index (χ4n) is 3.82. The molecule has 0 amide bonds. The summed E-state index contributed by atoms with van der Waals surface area (Å²) in [7, 11) is 3.47. The van der Waals surface area contributed by atoms with Gasteiger partial charge in [-0.05, 0) is 67.6 Å². The number of guanidine groups is 1. The summed E-state index contributed by atoms with van der Waals surface area (Å²) in [5.41, 5.74) is 2.05. The maximum atomic E-state index is 13.7. The quantitative estimate of drug-likeness (QED) is 0.301. The van der Waals surface area contributed by atoms with Crippen LogP contribution in [0.1, 0.15) is 24.0 Å². The minimum Gasteiger partial charge on any atom is -0.497 e. The predicted molar refractivity (Wildman–Crippen MR) is 136 cm³/mol. The van der Waals surface area contributed by atoms with Crippen molar-refractivity contribution < 1.29 is 9.13 Å². The first-order chi connectivity index (χ1) is 14.7. The Bertz CT molecular complexity index is 807. The van der Waals surface area contributed by atoms with Gasteiger partial charge < -0.3 is 15.4 Å². The summed E-state index contributed by atoms with van der Waals surface area (Å²) in [4.78, 5) is 6.80. The second kappa shape index (κ2) is 13.5. The molecule has 1 aliphatic rings. The van der Waals surface area contributed by atoms with Gasteiger partial charge in [0.15, 0.2) is 5.96 Å². The molecule has 31 heavy (non-hydrogen) atoms. The van der Waals surface area contributed by atoms with Crippen molar-refractivity contribution in [3.63, 3.8) is 0 Å². The molecule has 0 atom stereocenters. The van der Waals surface area contributed by atoms with Crippen LogP contribution in [0.25, 0.3) is 0 Å². The average molecular weight is 540 g/mol. The number of piperidine rings is 1. The molecule has 0 unspecified atom stereocenters. The zero-order valence-corrected chi connectivity index (χ0v) is 20.8. The van der Waals surface area contributed by atoms with Crippen molar-refractivity contribution in [3.05, 3.63) is 65.5 Å². The van der Waals surface area contributed by atoms with Crippen LogP contribution in [0.2, 0.25) is 0 Å². The monoisotopic (exact) mass is 540 g/mol. The van der Waals surface area contributed by atoms with Gasteiger partial charge in [-0.15, -0.1) is 24.0 Å². The SMILES string of the molecule is CN=C(NCCc1ccccc1F)NCC1CCN(Cc2ccc(OC)cc2)CC1.I. The van der Waals surface area contributed by atoms with E-state index in [1.807, 2.05) is 24.3 Å². The van der Waals surface area contributed by atoms with E-state index in [1.165, 1.54) is 24.5 Å². The Hall–Kier alpha value is -1.87. The second-order valence-corrected chi connectivity index (χ2v) is 7.79. The smallest absolute Gasteiger partial charge is 0.190 e.